The Hall–Kier alpha value is -2.96. The SMILES string of the molecule is Cn1nccc1-c1nc(O)c(-c2ccc(F)cc2)c(=O)[nH]1. The molecule has 2 heterocycles. The van der Waals surface area contributed by atoms with E-state index in [2.05, 4.69) is 15.1 Å². The zero-order valence-corrected chi connectivity index (χ0v) is 11.0. The molecule has 0 aliphatic carbocycles. The van der Waals surface area contributed by atoms with Crippen LogP contribution in [0.3, 0.4) is 0 Å². The lowest BCUT2D eigenvalue weighted by atomic mass is 10.1. The van der Waals surface area contributed by atoms with Crippen LogP contribution in [0, 0.1) is 5.82 Å². The van der Waals surface area contributed by atoms with E-state index < -0.39 is 17.3 Å². The minimum atomic E-state index is -0.509. The van der Waals surface area contributed by atoms with Crippen molar-refractivity contribution >= 4 is 0 Å². The molecule has 3 aromatic rings. The molecule has 0 radical (unpaired) electrons. The number of H-pyrrole nitrogens is 1. The van der Waals surface area contributed by atoms with Gasteiger partial charge in [0, 0.05) is 13.2 Å². The van der Waals surface area contributed by atoms with Crippen LogP contribution in [0.15, 0.2) is 41.3 Å². The molecule has 0 atom stereocenters. The summed E-state index contributed by atoms with van der Waals surface area (Å²) in [7, 11) is 1.69. The van der Waals surface area contributed by atoms with Crippen LogP contribution in [0.5, 0.6) is 5.88 Å². The van der Waals surface area contributed by atoms with Crippen LogP contribution in [0.2, 0.25) is 0 Å². The van der Waals surface area contributed by atoms with Crippen molar-refractivity contribution in [3.8, 4) is 28.5 Å². The van der Waals surface area contributed by atoms with Gasteiger partial charge in [-0.25, -0.2) is 4.39 Å². The molecule has 0 saturated carbocycles. The van der Waals surface area contributed by atoms with E-state index in [0.29, 0.717) is 11.3 Å². The molecule has 106 valence electrons. The minimum Gasteiger partial charge on any atom is -0.493 e. The lowest BCUT2D eigenvalue weighted by Gasteiger charge is -2.06. The van der Waals surface area contributed by atoms with Gasteiger partial charge in [0.2, 0.25) is 5.88 Å². The molecular formula is C14H11FN4O2. The maximum atomic E-state index is 12.9. The monoisotopic (exact) mass is 286 g/mol. The van der Waals surface area contributed by atoms with E-state index in [-0.39, 0.29) is 11.4 Å². The van der Waals surface area contributed by atoms with Crippen LogP contribution in [0.1, 0.15) is 0 Å². The predicted molar refractivity (Wildman–Crippen MR) is 74.1 cm³/mol. The van der Waals surface area contributed by atoms with Gasteiger partial charge in [0.15, 0.2) is 5.82 Å². The first-order valence-electron chi connectivity index (χ1n) is 6.14. The molecule has 0 aliphatic heterocycles. The summed E-state index contributed by atoms with van der Waals surface area (Å²) in [5.74, 6) is -0.626. The van der Waals surface area contributed by atoms with Gasteiger partial charge in [-0.2, -0.15) is 10.1 Å². The van der Waals surface area contributed by atoms with Crippen LogP contribution in [-0.4, -0.2) is 24.9 Å². The Morgan fingerprint density at radius 1 is 1.24 bits per heavy atom. The average molecular weight is 286 g/mol. The van der Waals surface area contributed by atoms with E-state index >= 15 is 0 Å². The quantitative estimate of drug-likeness (QED) is 0.750. The number of halogens is 1. The summed E-state index contributed by atoms with van der Waals surface area (Å²) in [4.78, 5) is 18.7. The fraction of sp³-hybridized carbons (Fsp3) is 0.0714. The lowest BCUT2D eigenvalue weighted by Crippen LogP contribution is -2.13. The van der Waals surface area contributed by atoms with E-state index in [1.54, 1.807) is 19.3 Å². The highest BCUT2D eigenvalue weighted by atomic mass is 19.1. The summed E-state index contributed by atoms with van der Waals surface area (Å²) in [5, 5.41) is 14.0. The number of benzene rings is 1. The Kier molecular flexibility index (Phi) is 3.02. The van der Waals surface area contributed by atoms with Crippen molar-refractivity contribution in [3.63, 3.8) is 0 Å². The van der Waals surface area contributed by atoms with Crippen LogP contribution in [0.4, 0.5) is 4.39 Å². The smallest absolute Gasteiger partial charge is 0.262 e. The van der Waals surface area contributed by atoms with Gasteiger partial charge in [0.05, 0.1) is 0 Å². The molecule has 0 aliphatic rings. The highest BCUT2D eigenvalue weighted by Crippen LogP contribution is 2.25. The second-order valence-corrected chi connectivity index (χ2v) is 4.46. The third kappa shape index (κ3) is 2.29. The Morgan fingerprint density at radius 2 is 1.95 bits per heavy atom. The molecule has 0 unspecified atom stereocenters. The summed E-state index contributed by atoms with van der Waals surface area (Å²) in [6, 6.07) is 6.90. The van der Waals surface area contributed by atoms with Gasteiger partial charge < -0.3 is 10.1 Å². The van der Waals surface area contributed by atoms with Crippen molar-refractivity contribution in [2.24, 2.45) is 7.05 Å². The average Bonchev–Trinajstić information content (AvgIpc) is 2.86. The molecular weight excluding hydrogens is 275 g/mol. The van der Waals surface area contributed by atoms with Crippen LogP contribution >= 0.6 is 0 Å². The summed E-state index contributed by atoms with van der Waals surface area (Å²) in [6.07, 6.45) is 1.56. The molecule has 2 aromatic heterocycles. The second kappa shape index (κ2) is 4.86. The molecule has 1 aromatic carbocycles. The maximum absolute atomic E-state index is 12.9. The summed E-state index contributed by atoms with van der Waals surface area (Å²) < 4.78 is 14.4. The number of aromatic amines is 1. The normalized spacial score (nSPS) is 10.8. The molecule has 6 nitrogen and oxygen atoms in total. The zero-order valence-electron chi connectivity index (χ0n) is 11.0. The van der Waals surface area contributed by atoms with Crippen molar-refractivity contribution in [1.29, 1.82) is 0 Å². The maximum Gasteiger partial charge on any atom is 0.262 e. The Morgan fingerprint density at radius 3 is 2.52 bits per heavy atom. The molecule has 0 fully saturated rings. The van der Waals surface area contributed by atoms with Gasteiger partial charge >= 0.3 is 0 Å². The largest absolute Gasteiger partial charge is 0.493 e. The van der Waals surface area contributed by atoms with Crippen LogP contribution in [0.25, 0.3) is 22.6 Å². The zero-order chi connectivity index (χ0) is 15.0. The second-order valence-electron chi connectivity index (χ2n) is 4.46. The number of aromatic nitrogens is 4. The van der Waals surface area contributed by atoms with Gasteiger partial charge in [-0.3, -0.25) is 9.48 Å². The third-order valence-corrected chi connectivity index (χ3v) is 3.10. The molecule has 7 heteroatoms. The van der Waals surface area contributed by atoms with Crippen LogP contribution < -0.4 is 5.56 Å². The number of aromatic hydroxyl groups is 1. The van der Waals surface area contributed by atoms with Gasteiger partial charge in [-0.15, -0.1) is 0 Å². The van der Waals surface area contributed by atoms with Gasteiger partial charge in [-0.05, 0) is 23.8 Å². The fourth-order valence-electron chi connectivity index (χ4n) is 2.07. The minimum absolute atomic E-state index is 0.000850. The van der Waals surface area contributed by atoms with Crippen molar-refractivity contribution in [2.75, 3.05) is 0 Å². The van der Waals surface area contributed by atoms with E-state index in [4.69, 9.17) is 0 Å². The lowest BCUT2D eigenvalue weighted by molar-refractivity contribution is 0.454. The van der Waals surface area contributed by atoms with Gasteiger partial charge in [-0.1, -0.05) is 12.1 Å². The van der Waals surface area contributed by atoms with Crippen molar-refractivity contribution < 1.29 is 9.50 Å². The Labute approximate surface area is 118 Å². The molecule has 0 amide bonds. The highest BCUT2D eigenvalue weighted by Gasteiger charge is 2.15. The van der Waals surface area contributed by atoms with Crippen LogP contribution in [-0.2, 0) is 7.05 Å². The topological polar surface area (TPSA) is 83.8 Å². The fourth-order valence-corrected chi connectivity index (χ4v) is 2.07. The third-order valence-electron chi connectivity index (χ3n) is 3.10. The number of hydrogen-bond donors (Lipinski definition) is 2. The van der Waals surface area contributed by atoms with Crippen molar-refractivity contribution in [3.05, 3.63) is 52.7 Å². The number of rotatable bonds is 2. The molecule has 3 rings (SSSR count). The van der Waals surface area contributed by atoms with Gasteiger partial charge in [0.25, 0.3) is 5.56 Å². The Balaban J connectivity index is 2.15. The molecule has 0 bridgehead atoms. The number of nitrogens with zero attached hydrogens (tertiary/aromatic N) is 3. The summed E-state index contributed by atoms with van der Waals surface area (Å²) >= 11 is 0. The number of hydrogen-bond acceptors (Lipinski definition) is 4. The molecule has 0 spiro atoms. The molecule has 0 saturated heterocycles. The predicted octanol–water partition coefficient (Wildman–Crippen LogP) is 1.68. The van der Waals surface area contributed by atoms with E-state index in [9.17, 15) is 14.3 Å². The summed E-state index contributed by atoms with van der Waals surface area (Å²) in [6.45, 7) is 0. The van der Waals surface area contributed by atoms with Crippen molar-refractivity contribution in [1.82, 2.24) is 19.7 Å². The summed E-state index contributed by atoms with van der Waals surface area (Å²) in [5.41, 5.74) is 0.443. The first kappa shape index (κ1) is 13.0. The van der Waals surface area contributed by atoms with E-state index in [1.165, 1.54) is 28.9 Å². The van der Waals surface area contributed by atoms with E-state index in [0.717, 1.165) is 0 Å². The number of aryl methyl sites for hydroxylation is 1. The van der Waals surface area contributed by atoms with Crippen molar-refractivity contribution in [2.45, 2.75) is 0 Å². The molecule has 21 heavy (non-hydrogen) atoms. The Bertz CT molecular complexity index is 852. The molecule has 2 N–H and O–H groups in total. The standard InChI is InChI=1S/C14H11FN4O2/c1-19-10(6-7-16-19)12-17-13(20)11(14(21)18-12)8-2-4-9(15)5-3-8/h2-7H,1H3,(H2,17,18,20,21). The number of nitrogens with one attached hydrogen (secondary N) is 1. The van der Waals surface area contributed by atoms with E-state index in [1.807, 2.05) is 0 Å². The first-order chi connectivity index (χ1) is 10.1. The highest BCUT2D eigenvalue weighted by molar-refractivity contribution is 5.68. The first-order valence-corrected chi connectivity index (χ1v) is 6.14. The van der Waals surface area contributed by atoms with Gasteiger partial charge in [0.1, 0.15) is 17.1 Å².